The topological polar surface area (TPSA) is 38.7 Å². The number of aliphatic hydroxyl groups excluding tert-OH is 1. The Bertz CT molecular complexity index is 299. The van der Waals surface area contributed by atoms with Crippen molar-refractivity contribution in [3.05, 3.63) is 0 Å². The molecule has 1 N–H and O–H groups in total. The maximum Gasteiger partial charge on any atom is 0.158 e. The zero-order chi connectivity index (χ0) is 14.1. The number of aliphatic hydroxyl groups is 1. The largest absolute Gasteiger partial charge is 0.396 e. The molecule has 0 aromatic carbocycles. The predicted molar refractivity (Wildman–Crippen MR) is 75.9 cm³/mol. The van der Waals surface area contributed by atoms with Crippen LogP contribution in [0.1, 0.15) is 66.2 Å². The van der Waals surface area contributed by atoms with Gasteiger partial charge in [-0.3, -0.25) is 0 Å². The van der Waals surface area contributed by atoms with Crippen LogP contribution in [0.25, 0.3) is 0 Å². The number of hydrogen-bond acceptors (Lipinski definition) is 3. The smallest absolute Gasteiger partial charge is 0.158 e. The van der Waals surface area contributed by atoms with E-state index >= 15 is 0 Å². The SMILES string of the molecule is CC1(C)CCC2(CCC(OCC(C)(C)CO)O2)CC1. The molecule has 0 radical (unpaired) electrons. The summed E-state index contributed by atoms with van der Waals surface area (Å²) in [7, 11) is 0. The summed E-state index contributed by atoms with van der Waals surface area (Å²) < 4.78 is 12.1. The molecule has 1 saturated carbocycles. The molecule has 3 nitrogen and oxygen atoms in total. The van der Waals surface area contributed by atoms with E-state index < -0.39 is 0 Å². The van der Waals surface area contributed by atoms with Gasteiger partial charge in [-0.25, -0.2) is 0 Å². The second-order valence-electron chi connectivity index (χ2n) is 8.07. The van der Waals surface area contributed by atoms with Gasteiger partial charge < -0.3 is 14.6 Å². The van der Waals surface area contributed by atoms with Crippen molar-refractivity contribution in [2.75, 3.05) is 13.2 Å². The maximum atomic E-state index is 9.25. The lowest BCUT2D eigenvalue weighted by Crippen LogP contribution is -2.37. The Kier molecular flexibility index (Phi) is 4.29. The first-order chi connectivity index (χ1) is 8.76. The normalized spacial score (nSPS) is 29.8. The third-order valence-corrected chi connectivity index (χ3v) is 4.82. The summed E-state index contributed by atoms with van der Waals surface area (Å²) in [6.07, 6.45) is 6.91. The molecule has 1 aliphatic carbocycles. The van der Waals surface area contributed by atoms with E-state index in [4.69, 9.17) is 9.47 Å². The van der Waals surface area contributed by atoms with Gasteiger partial charge in [0.25, 0.3) is 0 Å². The van der Waals surface area contributed by atoms with Crippen molar-refractivity contribution in [2.24, 2.45) is 10.8 Å². The summed E-state index contributed by atoms with van der Waals surface area (Å²) in [5.41, 5.74) is 0.393. The Balaban J connectivity index is 1.80. The first-order valence-corrected chi connectivity index (χ1v) is 7.66. The fraction of sp³-hybridized carbons (Fsp3) is 1.00. The van der Waals surface area contributed by atoms with Gasteiger partial charge in [-0.2, -0.15) is 0 Å². The molecule has 112 valence electrons. The molecule has 2 aliphatic rings. The zero-order valence-electron chi connectivity index (χ0n) is 13.0. The highest BCUT2D eigenvalue weighted by Crippen LogP contribution is 2.48. The van der Waals surface area contributed by atoms with Crippen LogP contribution in [0, 0.1) is 10.8 Å². The highest BCUT2D eigenvalue weighted by Gasteiger charge is 2.45. The van der Waals surface area contributed by atoms with E-state index in [1.54, 1.807) is 0 Å². The van der Waals surface area contributed by atoms with Crippen molar-refractivity contribution in [3.63, 3.8) is 0 Å². The van der Waals surface area contributed by atoms with Gasteiger partial charge in [0.1, 0.15) is 0 Å². The summed E-state index contributed by atoms with van der Waals surface area (Å²) in [6.45, 7) is 9.45. The van der Waals surface area contributed by atoms with Gasteiger partial charge >= 0.3 is 0 Å². The lowest BCUT2D eigenvalue weighted by Gasteiger charge is -2.41. The van der Waals surface area contributed by atoms with E-state index in [9.17, 15) is 5.11 Å². The second kappa shape index (κ2) is 5.34. The van der Waals surface area contributed by atoms with Crippen LogP contribution in [0.2, 0.25) is 0 Å². The Hall–Kier alpha value is -0.120. The lowest BCUT2D eigenvalue weighted by molar-refractivity contribution is -0.194. The minimum absolute atomic E-state index is 0.0629. The van der Waals surface area contributed by atoms with Crippen LogP contribution < -0.4 is 0 Å². The Morgan fingerprint density at radius 2 is 1.79 bits per heavy atom. The maximum absolute atomic E-state index is 9.25. The summed E-state index contributed by atoms with van der Waals surface area (Å²) in [4.78, 5) is 0. The quantitative estimate of drug-likeness (QED) is 0.849. The molecule has 1 saturated heterocycles. The molecule has 1 spiro atoms. The Morgan fingerprint density at radius 3 is 2.37 bits per heavy atom. The zero-order valence-corrected chi connectivity index (χ0v) is 13.0. The molecule has 1 atom stereocenters. The van der Waals surface area contributed by atoms with E-state index in [1.807, 2.05) is 13.8 Å². The standard InChI is InChI=1S/C16H30O3/c1-14(2)7-9-16(10-8-14)6-5-13(19-16)18-12-15(3,4)11-17/h13,17H,5-12H2,1-4H3. The van der Waals surface area contributed by atoms with Crippen LogP contribution in [0.4, 0.5) is 0 Å². The Morgan fingerprint density at radius 1 is 1.16 bits per heavy atom. The van der Waals surface area contributed by atoms with Crippen molar-refractivity contribution >= 4 is 0 Å². The monoisotopic (exact) mass is 270 g/mol. The number of rotatable bonds is 4. The second-order valence-corrected chi connectivity index (χ2v) is 8.07. The van der Waals surface area contributed by atoms with E-state index in [1.165, 1.54) is 25.7 Å². The highest BCUT2D eigenvalue weighted by molar-refractivity contribution is 4.94. The molecular weight excluding hydrogens is 240 g/mol. The summed E-state index contributed by atoms with van der Waals surface area (Å²) in [5.74, 6) is 0. The molecule has 0 aromatic rings. The molecule has 2 rings (SSSR count). The molecule has 0 bridgehead atoms. The van der Waals surface area contributed by atoms with E-state index in [0.29, 0.717) is 12.0 Å². The van der Waals surface area contributed by atoms with Gasteiger partial charge in [-0.05, 0) is 37.5 Å². The van der Waals surface area contributed by atoms with Gasteiger partial charge in [-0.15, -0.1) is 0 Å². The number of hydrogen-bond donors (Lipinski definition) is 1. The molecule has 1 heterocycles. The minimum Gasteiger partial charge on any atom is -0.396 e. The van der Waals surface area contributed by atoms with E-state index in [0.717, 1.165) is 12.8 Å². The summed E-state index contributed by atoms with van der Waals surface area (Å²) in [6, 6.07) is 0. The van der Waals surface area contributed by atoms with E-state index in [2.05, 4.69) is 13.8 Å². The summed E-state index contributed by atoms with van der Waals surface area (Å²) in [5, 5.41) is 9.25. The van der Waals surface area contributed by atoms with Crippen molar-refractivity contribution < 1.29 is 14.6 Å². The molecule has 19 heavy (non-hydrogen) atoms. The first-order valence-electron chi connectivity index (χ1n) is 7.66. The minimum atomic E-state index is -0.173. The first kappa shape index (κ1) is 15.3. The average Bonchev–Trinajstić information content (AvgIpc) is 2.76. The Labute approximate surface area is 117 Å². The van der Waals surface area contributed by atoms with Gasteiger partial charge in [0.15, 0.2) is 6.29 Å². The molecule has 0 aromatic heterocycles. The molecule has 3 heteroatoms. The van der Waals surface area contributed by atoms with Crippen LogP contribution in [0.5, 0.6) is 0 Å². The van der Waals surface area contributed by atoms with Crippen LogP contribution in [-0.2, 0) is 9.47 Å². The van der Waals surface area contributed by atoms with Gasteiger partial charge in [0.2, 0.25) is 0 Å². The van der Waals surface area contributed by atoms with Crippen LogP contribution in [0.15, 0.2) is 0 Å². The fourth-order valence-corrected chi connectivity index (χ4v) is 3.01. The van der Waals surface area contributed by atoms with Crippen molar-refractivity contribution in [1.29, 1.82) is 0 Å². The van der Waals surface area contributed by atoms with Crippen LogP contribution in [-0.4, -0.2) is 30.2 Å². The molecule has 1 aliphatic heterocycles. The van der Waals surface area contributed by atoms with Gasteiger partial charge in [0.05, 0.1) is 18.8 Å². The van der Waals surface area contributed by atoms with Crippen LogP contribution >= 0.6 is 0 Å². The molecule has 1 unspecified atom stereocenters. The van der Waals surface area contributed by atoms with Gasteiger partial charge in [-0.1, -0.05) is 27.7 Å². The van der Waals surface area contributed by atoms with Gasteiger partial charge in [0, 0.05) is 11.8 Å². The lowest BCUT2D eigenvalue weighted by atomic mass is 9.70. The predicted octanol–water partition coefficient (Wildman–Crippen LogP) is 3.50. The average molecular weight is 270 g/mol. The van der Waals surface area contributed by atoms with Crippen molar-refractivity contribution in [3.8, 4) is 0 Å². The van der Waals surface area contributed by atoms with E-state index in [-0.39, 0.29) is 23.9 Å². The van der Waals surface area contributed by atoms with Crippen molar-refractivity contribution in [1.82, 2.24) is 0 Å². The molecular formula is C16H30O3. The van der Waals surface area contributed by atoms with Crippen molar-refractivity contribution in [2.45, 2.75) is 78.1 Å². The third-order valence-electron chi connectivity index (χ3n) is 4.82. The number of ether oxygens (including phenoxy) is 2. The summed E-state index contributed by atoms with van der Waals surface area (Å²) >= 11 is 0. The van der Waals surface area contributed by atoms with Crippen LogP contribution in [0.3, 0.4) is 0 Å². The third kappa shape index (κ3) is 3.93. The highest BCUT2D eigenvalue weighted by atomic mass is 16.7. The molecule has 0 amide bonds. The fourth-order valence-electron chi connectivity index (χ4n) is 3.01. The molecule has 2 fully saturated rings.